The predicted octanol–water partition coefficient (Wildman–Crippen LogP) is 4.19. The third kappa shape index (κ3) is 4.03. The van der Waals surface area contributed by atoms with Crippen LogP contribution in [-0.2, 0) is 9.53 Å². The molecule has 1 aromatic heterocycles. The van der Waals surface area contributed by atoms with E-state index in [2.05, 4.69) is 0 Å². The Balaban J connectivity index is 1.59. The lowest BCUT2D eigenvalue weighted by atomic mass is 10.2. The molecule has 1 aliphatic heterocycles. The van der Waals surface area contributed by atoms with Gasteiger partial charge in [-0.2, -0.15) is 0 Å². The van der Waals surface area contributed by atoms with Gasteiger partial charge in [-0.1, -0.05) is 11.6 Å². The number of aryl methyl sites for hydroxylation is 2. The second kappa shape index (κ2) is 7.29. The maximum atomic E-state index is 12.1. The summed E-state index contributed by atoms with van der Waals surface area (Å²) in [6.45, 7) is 3.63. The Kier molecular flexibility index (Phi) is 5.11. The predicted molar refractivity (Wildman–Crippen MR) is 95.7 cm³/mol. The zero-order valence-electron chi connectivity index (χ0n) is 13.6. The van der Waals surface area contributed by atoms with Gasteiger partial charge in [-0.15, -0.1) is 11.3 Å². The molecule has 0 atom stereocenters. The first-order valence-corrected chi connectivity index (χ1v) is 8.67. The maximum absolute atomic E-state index is 12.1. The standard InChI is InChI=1S/C18H15ClO5S/c1-10-5-13(11(2)25-10)15(20)8-22-17(21)4-3-12-6-14(19)18-16(7-12)23-9-24-18/h3-7H,8-9H2,1-2H3/b4-3+. The molecule has 0 fully saturated rings. The molecular weight excluding hydrogens is 364 g/mol. The van der Waals surface area contributed by atoms with Crippen molar-refractivity contribution in [1.29, 1.82) is 0 Å². The molecule has 0 spiro atoms. The monoisotopic (exact) mass is 378 g/mol. The number of thiophene rings is 1. The molecule has 5 nitrogen and oxygen atoms in total. The molecule has 7 heteroatoms. The van der Waals surface area contributed by atoms with E-state index < -0.39 is 5.97 Å². The number of ketones is 1. The van der Waals surface area contributed by atoms with Crippen molar-refractivity contribution >= 4 is 40.8 Å². The summed E-state index contributed by atoms with van der Waals surface area (Å²) in [5.41, 5.74) is 1.27. The Morgan fingerprint density at radius 2 is 2.08 bits per heavy atom. The molecule has 0 saturated heterocycles. The lowest BCUT2D eigenvalue weighted by molar-refractivity contribution is -0.136. The fourth-order valence-corrected chi connectivity index (χ4v) is 3.63. The number of esters is 1. The van der Waals surface area contributed by atoms with Crippen LogP contribution in [-0.4, -0.2) is 25.2 Å². The van der Waals surface area contributed by atoms with Crippen LogP contribution in [0.4, 0.5) is 0 Å². The van der Waals surface area contributed by atoms with Gasteiger partial charge in [0.25, 0.3) is 0 Å². The third-order valence-electron chi connectivity index (χ3n) is 3.55. The number of halogens is 1. The molecule has 2 heterocycles. The highest BCUT2D eigenvalue weighted by Crippen LogP contribution is 2.40. The number of Topliss-reactive ketones (excluding diaryl/α,β-unsaturated/α-hetero) is 1. The molecule has 0 amide bonds. The van der Waals surface area contributed by atoms with Gasteiger partial charge in [0.15, 0.2) is 18.1 Å². The molecule has 130 valence electrons. The van der Waals surface area contributed by atoms with Crippen molar-refractivity contribution in [2.75, 3.05) is 13.4 Å². The summed E-state index contributed by atoms with van der Waals surface area (Å²) in [5, 5.41) is 0.404. The van der Waals surface area contributed by atoms with E-state index >= 15 is 0 Å². The van der Waals surface area contributed by atoms with Crippen LogP contribution >= 0.6 is 22.9 Å². The summed E-state index contributed by atoms with van der Waals surface area (Å²) in [4.78, 5) is 25.9. The van der Waals surface area contributed by atoms with E-state index in [1.54, 1.807) is 35.6 Å². The van der Waals surface area contributed by atoms with Crippen LogP contribution in [0.25, 0.3) is 6.08 Å². The number of carbonyl (C=O) groups is 2. The van der Waals surface area contributed by atoms with Crippen molar-refractivity contribution < 1.29 is 23.8 Å². The van der Waals surface area contributed by atoms with Gasteiger partial charge in [0, 0.05) is 21.4 Å². The molecule has 0 N–H and O–H groups in total. The summed E-state index contributed by atoms with van der Waals surface area (Å²) < 4.78 is 15.5. The first kappa shape index (κ1) is 17.5. The van der Waals surface area contributed by atoms with Crippen molar-refractivity contribution in [2.45, 2.75) is 13.8 Å². The summed E-state index contributed by atoms with van der Waals surface area (Å²) in [5.74, 6) is 0.203. The highest BCUT2D eigenvalue weighted by molar-refractivity contribution is 7.12. The molecule has 2 aromatic rings. The second-order valence-electron chi connectivity index (χ2n) is 5.43. The minimum absolute atomic E-state index is 0.119. The van der Waals surface area contributed by atoms with Gasteiger partial charge in [-0.3, -0.25) is 4.79 Å². The Hall–Kier alpha value is -2.31. The van der Waals surface area contributed by atoms with Crippen LogP contribution in [0, 0.1) is 13.8 Å². The summed E-state index contributed by atoms with van der Waals surface area (Å²) in [6, 6.07) is 5.17. The Morgan fingerprint density at radius 3 is 2.80 bits per heavy atom. The van der Waals surface area contributed by atoms with Crippen LogP contribution in [0.2, 0.25) is 5.02 Å². The molecule has 1 aromatic carbocycles. The lowest BCUT2D eigenvalue weighted by Crippen LogP contribution is -2.12. The van der Waals surface area contributed by atoms with Crippen molar-refractivity contribution in [2.24, 2.45) is 0 Å². The summed E-state index contributed by atoms with van der Waals surface area (Å²) in [6.07, 6.45) is 2.79. The van der Waals surface area contributed by atoms with Crippen LogP contribution in [0.1, 0.15) is 25.7 Å². The first-order chi connectivity index (χ1) is 11.9. The molecule has 0 bridgehead atoms. The summed E-state index contributed by atoms with van der Waals surface area (Å²) in [7, 11) is 0. The molecule has 0 aliphatic carbocycles. The first-order valence-electron chi connectivity index (χ1n) is 7.48. The van der Waals surface area contributed by atoms with E-state index in [0.29, 0.717) is 27.6 Å². The SMILES string of the molecule is Cc1cc(C(=O)COC(=O)/C=C/c2cc(Cl)c3c(c2)OCO3)c(C)s1. The van der Waals surface area contributed by atoms with Crippen molar-refractivity contribution in [3.05, 3.63) is 50.2 Å². The smallest absolute Gasteiger partial charge is 0.331 e. The van der Waals surface area contributed by atoms with E-state index in [0.717, 1.165) is 9.75 Å². The Labute approximate surface area is 153 Å². The van der Waals surface area contributed by atoms with Crippen LogP contribution in [0.5, 0.6) is 11.5 Å². The average molecular weight is 379 g/mol. The topological polar surface area (TPSA) is 61.8 Å². The number of hydrogen-bond acceptors (Lipinski definition) is 6. The average Bonchev–Trinajstić information content (AvgIpc) is 3.17. The molecule has 0 saturated carbocycles. The minimum atomic E-state index is -0.605. The van der Waals surface area contributed by atoms with Crippen molar-refractivity contribution in [3.63, 3.8) is 0 Å². The zero-order valence-corrected chi connectivity index (χ0v) is 15.2. The van der Waals surface area contributed by atoms with Gasteiger partial charge >= 0.3 is 5.97 Å². The van der Waals surface area contributed by atoms with Gasteiger partial charge in [0.1, 0.15) is 0 Å². The van der Waals surface area contributed by atoms with E-state index in [4.69, 9.17) is 25.8 Å². The van der Waals surface area contributed by atoms with Crippen molar-refractivity contribution in [1.82, 2.24) is 0 Å². The molecule has 0 radical (unpaired) electrons. The number of hydrogen-bond donors (Lipinski definition) is 0. The lowest BCUT2D eigenvalue weighted by Gasteiger charge is -2.02. The molecule has 3 rings (SSSR count). The molecule has 25 heavy (non-hydrogen) atoms. The quantitative estimate of drug-likeness (QED) is 0.443. The third-order valence-corrected chi connectivity index (χ3v) is 4.79. The van der Waals surface area contributed by atoms with Gasteiger partial charge in [-0.05, 0) is 43.7 Å². The van der Waals surface area contributed by atoms with E-state index in [1.807, 2.05) is 13.8 Å². The van der Waals surface area contributed by atoms with Gasteiger partial charge in [0.2, 0.25) is 12.6 Å². The second-order valence-corrected chi connectivity index (χ2v) is 7.30. The Morgan fingerprint density at radius 1 is 1.28 bits per heavy atom. The van der Waals surface area contributed by atoms with Gasteiger partial charge in [0.05, 0.1) is 5.02 Å². The van der Waals surface area contributed by atoms with E-state index in [-0.39, 0.29) is 19.2 Å². The fraction of sp³-hybridized carbons (Fsp3) is 0.222. The number of ether oxygens (including phenoxy) is 3. The van der Waals surface area contributed by atoms with Gasteiger partial charge in [-0.25, -0.2) is 4.79 Å². The highest BCUT2D eigenvalue weighted by Gasteiger charge is 2.18. The van der Waals surface area contributed by atoms with Crippen LogP contribution in [0.3, 0.4) is 0 Å². The minimum Gasteiger partial charge on any atom is -0.454 e. The van der Waals surface area contributed by atoms with Crippen molar-refractivity contribution in [3.8, 4) is 11.5 Å². The maximum Gasteiger partial charge on any atom is 0.331 e. The van der Waals surface area contributed by atoms with Crippen LogP contribution in [0.15, 0.2) is 24.3 Å². The number of rotatable bonds is 5. The fourth-order valence-electron chi connectivity index (χ4n) is 2.42. The van der Waals surface area contributed by atoms with Crippen LogP contribution < -0.4 is 9.47 Å². The van der Waals surface area contributed by atoms with E-state index in [9.17, 15) is 9.59 Å². The largest absolute Gasteiger partial charge is 0.454 e. The normalized spacial score (nSPS) is 12.6. The molecule has 1 aliphatic rings. The molecular formula is C18H15ClO5S. The number of fused-ring (bicyclic) bond motifs is 1. The zero-order chi connectivity index (χ0) is 18.0. The van der Waals surface area contributed by atoms with E-state index in [1.165, 1.54) is 6.08 Å². The summed E-state index contributed by atoms with van der Waals surface area (Å²) >= 11 is 7.62. The Bertz CT molecular complexity index is 869. The molecule has 0 unspecified atom stereocenters. The van der Waals surface area contributed by atoms with Gasteiger partial charge < -0.3 is 14.2 Å². The number of benzene rings is 1. The highest BCUT2D eigenvalue weighted by atomic mass is 35.5. The number of carbonyl (C=O) groups excluding carboxylic acids is 2.